The summed E-state index contributed by atoms with van der Waals surface area (Å²) in [5.74, 6) is 0.0189. The smallest absolute Gasteiger partial charge is 0.264 e. The molecule has 6 heteroatoms. The molecule has 0 atom stereocenters. The summed E-state index contributed by atoms with van der Waals surface area (Å²) in [6.07, 6.45) is 5.00. The quantitative estimate of drug-likeness (QED) is 0.818. The van der Waals surface area contributed by atoms with E-state index in [2.05, 4.69) is 27.3 Å². The number of carbonyl (C=O) groups excluding carboxylic acids is 1. The van der Waals surface area contributed by atoms with Crippen LogP contribution in [0.15, 0.2) is 22.1 Å². The van der Waals surface area contributed by atoms with Gasteiger partial charge in [0.25, 0.3) is 5.91 Å². The third-order valence-electron chi connectivity index (χ3n) is 4.74. The molecule has 0 radical (unpaired) electrons. The van der Waals surface area contributed by atoms with Crippen molar-refractivity contribution in [2.45, 2.75) is 31.7 Å². The molecule has 2 aromatic rings. The van der Waals surface area contributed by atoms with Gasteiger partial charge in [0.15, 0.2) is 0 Å². The second-order valence-corrected chi connectivity index (χ2v) is 7.15. The molecule has 1 aromatic carbocycles. The van der Waals surface area contributed by atoms with Crippen molar-refractivity contribution in [3.63, 3.8) is 0 Å². The Labute approximate surface area is 138 Å². The minimum atomic E-state index is -0.0787. The van der Waals surface area contributed by atoms with Crippen LogP contribution in [0.3, 0.4) is 0 Å². The molecule has 118 valence electrons. The Morgan fingerprint density at radius 2 is 2.22 bits per heavy atom. The van der Waals surface area contributed by atoms with Crippen molar-refractivity contribution >= 4 is 57.3 Å². The molecule has 1 aliphatic carbocycles. The summed E-state index contributed by atoms with van der Waals surface area (Å²) in [5.41, 5.74) is 2.32. The van der Waals surface area contributed by atoms with Gasteiger partial charge in [-0.25, -0.2) is 0 Å². The summed E-state index contributed by atoms with van der Waals surface area (Å²) in [6.45, 7) is 6.27. The van der Waals surface area contributed by atoms with Crippen molar-refractivity contribution in [1.29, 1.82) is 0 Å². The van der Waals surface area contributed by atoms with E-state index in [1.165, 1.54) is 17.8 Å². The molecule has 0 unspecified atom stereocenters. The maximum atomic E-state index is 12.7. The van der Waals surface area contributed by atoms with Gasteiger partial charge in [0, 0.05) is 22.8 Å². The van der Waals surface area contributed by atoms with Gasteiger partial charge in [0.05, 0.1) is 22.6 Å². The molecule has 1 fully saturated rings. The van der Waals surface area contributed by atoms with E-state index in [-0.39, 0.29) is 11.4 Å². The van der Waals surface area contributed by atoms with Gasteiger partial charge >= 0.3 is 0 Å². The number of amides is 1. The van der Waals surface area contributed by atoms with E-state index < -0.39 is 0 Å². The number of carbonyl (C=O) groups is 1. The van der Waals surface area contributed by atoms with Crippen LogP contribution in [0.25, 0.3) is 10.1 Å². The first kappa shape index (κ1) is 14.4. The van der Waals surface area contributed by atoms with E-state index in [0.29, 0.717) is 0 Å². The zero-order valence-corrected chi connectivity index (χ0v) is 13.8. The van der Waals surface area contributed by atoms with Crippen molar-refractivity contribution in [2.75, 3.05) is 11.9 Å². The van der Waals surface area contributed by atoms with Crippen molar-refractivity contribution in [1.82, 2.24) is 5.32 Å². The van der Waals surface area contributed by atoms with E-state index in [0.717, 1.165) is 51.4 Å². The molecule has 5 nitrogen and oxygen atoms in total. The first-order chi connectivity index (χ1) is 11.2. The molecule has 1 spiro atoms. The van der Waals surface area contributed by atoms with Crippen LogP contribution in [0.1, 0.15) is 35.9 Å². The number of rotatable bonds is 2. The largest absolute Gasteiger partial charge is 0.381 e. The van der Waals surface area contributed by atoms with Gasteiger partial charge in [-0.05, 0) is 45.0 Å². The fraction of sp³-hybridized carbons (Fsp3) is 0.353. The number of fused-ring (bicyclic) bond motifs is 3. The van der Waals surface area contributed by atoms with E-state index in [1.807, 2.05) is 19.1 Å². The van der Waals surface area contributed by atoms with E-state index in [9.17, 15) is 4.79 Å². The van der Waals surface area contributed by atoms with Crippen LogP contribution < -0.4 is 10.6 Å². The van der Waals surface area contributed by atoms with Gasteiger partial charge in [-0.15, -0.1) is 11.3 Å². The fourth-order valence-electron chi connectivity index (χ4n) is 3.38. The minimum absolute atomic E-state index is 0.0189. The summed E-state index contributed by atoms with van der Waals surface area (Å²) >= 11 is 1.51. The zero-order chi connectivity index (χ0) is 16.0. The Morgan fingerprint density at radius 1 is 1.39 bits per heavy atom. The molecule has 1 aromatic heterocycles. The van der Waals surface area contributed by atoms with Crippen LogP contribution in [0.2, 0.25) is 0 Å². The highest BCUT2D eigenvalue weighted by molar-refractivity contribution is 7.21. The molecule has 0 saturated heterocycles. The molecule has 4 rings (SSSR count). The van der Waals surface area contributed by atoms with Gasteiger partial charge < -0.3 is 10.6 Å². The number of hydrogen-bond acceptors (Lipinski definition) is 5. The van der Waals surface area contributed by atoms with Gasteiger partial charge in [-0.2, -0.15) is 0 Å². The van der Waals surface area contributed by atoms with Crippen LogP contribution in [0.4, 0.5) is 17.1 Å². The average Bonchev–Trinajstić information content (AvgIpc) is 2.82. The summed E-state index contributed by atoms with van der Waals surface area (Å²) in [5, 5.41) is 7.71. The van der Waals surface area contributed by atoms with Crippen LogP contribution in [-0.2, 0) is 0 Å². The van der Waals surface area contributed by atoms with Crippen molar-refractivity contribution < 1.29 is 4.79 Å². The van der Waals surface area contributed by atoms with Gasteiger partial charge in [0.1, 0.15) is 4.88 Å². The molecule has 1 aliphatic heterocycles. The Kier molecular flexibility index (Phi) is 3.23. The van der Waals surface area contributed by atoms with Gasteiger partial charge in [-0.3, -0.25) is 14.8 Å². The SMILES string of the molecule is C=Nc1ccc2sc3c(c2c1N=CC)NCC1(CCC1)NC3=O. The van der Waals surface area contributed by atoms with Gasteiger partial charge in [0.2, 0.25) is 0 Å². The van der Waals surface area contributed by atoms with Crippen LogP contribution in [-0.4, -0.2) is 30.9 Å². The Bertz CT molecular complexity index is 848. The second kappa shape index (κ2) is 5.16. The fourth-order valence-corrected chi connectivity index (χ4v) is 4.46. The highest BCUT2D eigenvalue weighted by Crippen LogP contribution is 2.47. The molecule has 0 bridgehead atoms. The Hall–Kier alpha value is -2.21. The highest BCUT2D eigenvalue weighted by atomic mass is 32.1. The number of nitrogens with one attached hydrogen (secondary N) is 2. The third-order valence-corrected chi connectivity index (χ3v) is 5.89. The van der Waals surface area contributed by atoms with Crippen molar-refractivity contribution in [2.24, 2.45) is 9.98 Å². The molecular formula is C17H18N4OS. The lowest BCUT2D eigenvalue weighted by molar-refractivity contribution is 0.0855. The first-order valence-electron chi connectivity index (χ1n) is 7.79. The highest BCUT2D eigenvalue weighted by Gasteiger charge is 2.41. The zero-order valence-electron chi connectivity index (χ0n) is 13.0. The van der Waals surface area contributed by atoms with Crippen LogP contribution in [0.5, 0.6) is 0 Å². The summed E-state index contributed by atoms with van der Waals surface area (Å²) in [4.78, 5) is 22.0. The molecule has 1 amide bonds. The lowest BCUT2D eigenvalue weighted by atomic mass is 9.77. The van der Waals surface area contributed by atoms with Crippen LogP contribution in [0, 0.1) is 0 Å². The lowest BCUT2D eigenvalue weighted by Gasteiger charge is -2.41. The number of aliphatic imine (C=N–C) groups is 2. The summed E-state index contributed by atoms with van der Waals surface area (Å²) in [7, 11) is 0. The number of thiophene rings is 1. The molecule has 2 aliphatic rings. The number of hydrogen-bond donors (Lipinski definition) is 2. The standard InChI is InChI=1S/C17H18N4OS/c1-3-19-13-10(18-2)5-6-11-12(13)14-15(23-11)16(22)21-17(9-20-14)7-4-8-17/h3,5-6,20H,2,4,7-9H2,1H3,(H,21,22). The number of anilines is 1. The predicted octanol–water partition coefficient (Wildman–Crippen LogP) is 4.03. The van der Waals surface area contributed by atoms with E-state index in [4.69, 9.17) is 0 Å². The normalized spacial score (nSPS) is 19.1. The van der Waals surface area contributed by atoms with Crippen molar-refractivity contribution in [3.05, 3.63) is 17.0 Å². The number of nitrogens with zero attached hydrogens (tertiary/aromatic N) is 2. The average molecular weight is 326 g/mol. The summed E-state index contributed by atoms with van der Waals surface area (Å²) in [6, 6.07) is 3.89. The number of benzene rings is 1. The molecule has 2 heterocycles. The minimum Gasteiger partial charge on any atom is -0.381 e. The molecule has 2 N–H and O–H groups in total. The van der Waals surface area contributed by atoms with E-state index >= 15 is 0 Å². The van der Waals surface area contributed by atoms with Crippen molar-refractivity contribution in [3.8, 4) is 0 Å². The third kappa shape index (κ3) is 2.09. The maximum absolute atomic E-state index is 12.7. The summed E-state index contributed by atoms with van der Waals surface area (Å²) < 4.78 is 1.04. The second-order valence-electron chi connectivity index (χ2n) is 6.10. The molecule has 23 heavy (non-hydrogen) atoms. The predicted molar refractivity (Wildman–Crippen MR) is 97.4 cm³/mol. The monoisotopic (exact) mass is 326 g/mol. The lowest BCUT2D eigenvalue weighted by Crippen LogP contribution is -2.56. The van der Waals surface area contributed by atoms with Crippen LogP contribution >= 0.6 is 11.3 Å². The Balaban J connectivity index is 1.94. The maximum Gasteiger partial charge on any atom is 0.264 e. The van der Waals surface area contributed by atoms with Gasteiger partial charge in [-0.1, -0.05) is 0 Å². The van der Waals surface area contributed by atoms with E-state index in [1.54, 1.807) is 6.21 Å². The topological polar surface area (TPSA) is 65.8 Å². The first-order valence-corrected chi connectivity index (χ1v) is 8.60. The Morgan fingerprint density at radius 3 is 2.87 bits per heavy atom. The molecule has 1 saturated carbocycles. The molecular weight excluding hydrogens is 308 g/mol.